The molecule has 0 bridgehead atoms. The normalized spacial score (nSPS) is 10.7. The molecule has 0 atom stereocenters. The molecule has 0 aromatic heterocycles. The van der Waals surface area contributed by atoms with Crippen LogP contribution in [-0.4, -0.2) is 24.3 Å². The van der Waals surface area contributed by atoms with Crippen molar-refractivity contribution in [1.29, 1.82) is 0 Å². The van der Waals surface area contributed by atoms with E-state index in [0.29, 0.717) is 28.7 Å². The van der Waals surface area contributed by atoms with Crippen molar-refractivity contribution < 1.29 is 19.4 Å². The quantitative estimate of drug-likeness (QED) is 0.447. The first-order valence-corrected chi connectivity index (χ1v) is 9.10. The molecule has 2 N–H and O–H groups in total. The van der Waals surface area contributed by atoms with Crippen molar-refractivity contribution in [1.82, 2.24) is 5.43 Å². The molecule has 0 saturated carbocycles. The predicted octanol–water partition coefficient (Wildman–Crippen LogP) is 4.40. The predicted molar refractivity (Wildman–Crippen MR) is 112 cm³/mol. The Bertz CT molecular complexity index is 1000. The summed E-state index contributed by atoms with van der Waals surface area (Å²) >= 11 is 5.89. The van der Waals surface area contributed by atoms with Crippen molar-refractivity contribution in [3.63, 3.8) is 0 Å². The number of nitrogens with one attached hydrogen (secondary N) is 1. The Morgan fingerprint density at radius 2 is 1.79 bits per heavy atom. The number of rotatable bonds is 7. The molecule has 0 fully saturated rings. The van der Waals surface area contributed by atoms with Gasteiger partial charge in [0.25, 0.3) is 5.91 Å². The maximum Gasteiger partial charge on any atom is 0.271 e. The third kappa shape index (κ3) is 5.73. The average molecular weight is 411 g/mol. The fourth-order valence-electron chi connectivity index (χ4n) is 2.47. The van der Waals surface area contributed by atoms with E-state index >= 15 is 0 Å². The van der Waals surface area contributed by atoms with Gasteiger partial charge in [-0.25, -0.2) is 5.43 Å². The van der Waals surface area contributed by atoms with E-state index in [9.17, 15) is 9.90 Å². The van der Waals surface area contributed by atoms with E-state index in [1.165, 1.54) is 30.5 Å². The fraction of sp³-hybridized carbons (Fsp3) is 0.0909. The van der Waals surface area contributed by atoms with Gasteiger partial charge in [-0.3, -0.25) is 4.79 Å². The van der Waals surface area contributed by atoms with E-state index < -0.39 is 0 Å². The second kappa shape index (κ2) is 9.61. The number of hydrazone groups is 1. The number of benzene rings is 3. The molecule has 148 valence electrons. The van der Waals surface area contributed by atoms with E-state index in [1.54, 1.807) is 25.3 Å². The van der Waals surface area contributed by atoms with Crippen molar-refractivity contribution in [2.45, 2.75) is 6.61 Å². The van der Waals surface area contributed by atoms with E-state index in [2.05, 4.69) is 10.5 Å². The number of phenolic OH excluding ortho intramolecular Hbond substituents is 1. The molecule has 0 spiro atoms. The molecule has 0 aliphatic carbocycles. The molecule has 3 rings (SSSR count). The van der Waals surface area contributed by atoms with Crippen LogP contribution in [0, 0.1) is 0 Å². The molecular formula is C22H19ClN2O4. The first-order chi connectivity index (χ1) is 14.0. The van der Waals surface area contributed by atoms with Crippen molar-refractivity contribution in [3.8, 4) is 17.2 Å². The van der Waals surface area contributed by atoms with Crippen LogP contribution in [0.2, 0.25) is 5.02 Å². The number of carbonyl (C=O) groups excluding carboxylic acids is 1. The first kappa shape index (κ1) is 20.2. The van der Waals surface area contributed by atoms with E-state index in [-0.39, 0.29) is 11.7 Å². The summed E-state index contributed by atoms with van der Waals surface area (Å²) in [6.07, 6.45) is 1.50. The second-order valence-corrected chi connectivity index (χ2v) is 6.51. The monoisotopic (exact) mass is 410 g/mol. The van der Waals surface area contributed by atoms with Gasteiger partial charge in [0.05, 0.1) is 13.3 Å². The number of amides is 1. The highest BCUT2D eigenvalue weighted by Gasteiger charge is 2.07. The summed E-state index contributed by atoms with van der Waals surface area (Å²) < 4.78 is 11.2. The first-order valence-electron chi connectivity index (χ1n) is 8.73. The molecule has 3 aromatic rings. The molecule has 0 aliphatic rings. The number of nitrogens with zero attached hydrogens (tertiary/aromatic N) is 1. The van der Waals surface area contributed by atoms with Gasteiger partial charge in [-0.1, -0.05) is 23.7 Å². The van der Waals surface area contributed by atoms with Crippen LogP contribution in [0.15, 0.2) is 71.8 Å². The van der Waals surface area contributed by atoms with Gasteiger partial charge in [-0.2, -0.15) is 5.10 Å². The van der Waals surface area contributed by atoms with Crippen LogP contribution in [0.25, 0.3) is 0 Å². The Labute approximate surface area is 173 Å². The van der Waals surface area contributed by atoms with Crippen LogP contribution in [0.5, 0.6) is 17.2 Å². The topological polar surface area (TPSA) is 80.2 Å². The summed E-state index contributed by atoms with van der Waals surface area (Å²) in [5, 5.41) is 13.9. The van der Waals surface area contributed by atoms with Gasteiger partial charge in [0.2, 0.25) is 0 Å². The standard InChI is InChI=1S/C22H19ClN2O4/c1-28-21-12-16(13-24-25-22(27)17-5-9-19(26)10-6-17)4-11-20(21)29-14-15-2-7-18(23)8-3-15/h2-13,26H,14H2,1H3,(H,25,27)/b24-13+. The molecule has 1 amide bonds. The highest BCUT2D eigenvalue weighted by atomic mass is 35.5. The minimum Gasteiger partial charge on any atom is -0.508 e. The van der Waals surface area contributed by atoms with Gasteiger partial charge in [-0.05, 0) is 65.7 Å². The van der Waals surface area contributed by atoms with E-state index in [0.717, 1.165) is 11.1 Å². The van der Waals surface area contributed by atoms with Gasteiger partial charge in [0.1, 0.15) is 12.4 Å². The molecule has 0 radical (unpaired) electrons. The van der Waals surface area contributed by atoms with Gasteiger partial charge in [0.15, 0.2) is 11.5 Å². The van der Waals surface area contributed by atoms with Gasteiger partial charge < -0.3 is 14.6 Å². The molecule has 0 heterocycles. The lowest BCUT2D eigenvalue weighted by Crippen LogP contribution is -2.17. The summed E-state index contributed by atoms with van der Waals surface area (Å²) in [6, 6.07) is 18.6. The molecule has 6 nitrogen and oxygen atoms in total. The summed E-state index contributed by atoms with van der Waals surface area (Å²) in [5.41, 5.74) is 4.54. The van der Waals surface area contributed by atoms with Gasteiger partial charge in [-0.15, -0.1) is 0 Å². The van der Waals surface area contributed by atoms with Crippen LogP contribution in [0.4, 0.5) is 0 Å². The van der Waals surface area contributed by atoms with Crippen LogP contribution >= 0.6 is 11.6 Å². The summed E-state index contributed by atoms with van der Waals surface area (Å²) in [4.78, 5) is 12.0. The Balaban J connectivity index is 1.61. The Hall–Kier alpha value is -3.51. The lowest BCUT2D eigenvalue weighted by atomic mass is 10.2. The number of halogens is 1. The molecule has 0 aliphatic heterocycles. The van der Waals surface area contributed by atoms with E-state index in [4.69, 9.17) is 21.1 Å². The van der Waals surface area contributed by atoms with Crippen molar-refractivity contribution >= 4 is 23.7 Å². The number of aromatic hydroxyl groups is 1. The summed E-state index contributed by atoms with van der Waals surface area (Å²) in [7, 11) is 1.55. The molecule has 3 aromatic carbocycles. The largest absolute Gasteiger partial charge is 0.508 e. The Morgan fingerprint density at radius 1 is 1.07 bits per heavy atom. The lowest BCUT2D eigenvalue weighted by Gasteiger charge is -2.11. The van der Waals surface area contributed by atoms with Crippen LogP contribution < -0.4 is 14.9 Å². The molecular weight excluding hydrogens is 392 g/mol. The van der Waals surface area contributed by atoms with E-state index in [1.807, 2.05) is 24.3 Å². The van der Waals surface area contributed by atoms with Crippen LogP contribution in [-0.2, 0) is 6.61 Å². The lowest BCUT2D eigenvalue weighted by molar-refractivity contribution is 0.0955. The minimum absolute atomic E-state index is 0.0931. The van der Waals surface area contributed by atoms with Crippen LogP contribution in [0.3, 0.4) is 0 Å². The van der Waals surface area contributed by atoms with Gasteiger partial charge >= 0.3 is 0 Å². The highest BCUT2D eigenvalue weighted by Crippen LogP contribution is 2.28. The maximum absolute atomic E-state index is 12.0. The zero-order chi connectivity index (χ0) is 20.6. The molecule has 0 saturated heterocycles. The third-order valence-electron chi connectivity index (χ3n) is 4.00. The van der Waals surface area contributed by atoms with Crippen molar-refractivity contribution in [2.75, 3.05) is 7.11 Å². The molecule has 0 unspecified atom stereocenters. The van der Waals surface area contributed by atoms with Crippen molar-refractivity contribution in [3.05, 3.63) is 88.4 Å². The zero-order valence-corrected chi connectivity index (χ0v) is 16.4. The summed E-state index contributed by atoms with van der Waals surface area (Å²) in [6.45, 7) is 0.379. The van der Waals surface area contributed by atoms with Crippen LogP contribution in [0.1, 0.15) is 21.5 Å². The number of phenols is 1. The number of hydrogen-bond donors (Lipinski definition) is 2. The smallest absolute Gasteiger partial charge is 0.271 e. The SMILES string of the molecule is COc1cc(/C=N/NC(=O)c2ccc(O)cc2)ccc1OCc1ccc(Cl)cc1. The fourth-order valence-corrected chi connectivity index (χ4v) is 2.59. The number of methoxy groups -OCH3 is 1. The second-order valence-electron chi connectivity index (χ2n) is 6.07. The van der Waals surface area contributed by atoms with Crippen molar-refractivity contribution in [2.24, 2.45) is 5.10 Å². The molecule has 7 heteroatoms. The molecule has 29 heavy (non-hydrogen) atoms. The zero-order valence-electron chi connectivity index (χ0n) is 15.6. The minimum atomic E-state index is -0.379. The number of ether oxygens (including phenoxy) is 2. The summed E-state index contributed by atoms with van der Waals surface area (Å²) in [5.74, 6) is 0.854. The highest BCUT2D eigenvalue weighted by molar-refractivity contribution is 6.30. The Kier molecular flexibility index (Phi) is 6.71. The third-order valence-corrected chi connectivity index (χ3v) is 4.26. The maximum atomic E-state index is 12.0. The number of hydrogen-bond acceptors (Lipinski definition) is 5. The van der Waals surface area contributed by atoms with Gasteiger partial charge in [0, 0.05) is 10.6 Å². The number of carbonyl (C=O) groups is 1. The Morgan fingerprint density at radius 3 is 2.48 bits per heavy atom. The average Bonchev–Trinajstić information content (AvgIpc) is 2.74.